The molecule has 3 rings (SSSR count). The number of aromatic nitrogens is 1. The zero-order valence-electron chi connectivity index (χ0n) is 18.0. The van der Waals surface area contributed by atoms with Crippen molar-refractivity contribution in [2.45, 2.75) is 19.9 Å². The summed E-state index contributed by atoms with van der Waals surface area (Å²) in [5.41, 5.74) is 2.47. The number of nitrogens with one attached hydrogen (secondary N) is 1. The van der Waals surface area contributed by atoms with Gasteiger partial charge < -0.3 is 19.7 Å². The summed E-state index contributed by atoms with van der Waals surface area (Å²) in [7, 11) is 0. The van der Waals surface area contributed by atoms with Crippen molar-refractivity contribution in [1.82, 2.24) is 14.8 Å². The quantitative estimate of drug-likeness (QED) is 0.469. The van der Waals surface area contributed by atoms with Crippen LogP contribution in [0.1, 0.15) is 29.3 Å². The van der Waals surface area contributed by atoms with Gasteiger partial charge in [0.2, 0.25) is 0 Å². The number of benzene rings is 1. The number of carbonyl (C=O) groups excluding carboxylic acids is 1. The van der Waals surface area contributed by atoms with E-state index in [1.807, 2.05) is 24.4 Å². The number of hydrogen-bond acceptors (Lipinski definition) is 6. The molecule has 1 aliphatic heterocycles. The molecule has 0 aliphatic carbocycles. The van der Waals surface area contributed by atoms with Crippen LogP contribution in [-0.2, 0) is 16.0 Å². The first-order chi connectivity index (χ1) is 15.2. The third-order valence-electron chi connectivity index (χ3n) is 5.04. The lowest BCUT2D eigenvalue weighted by Gasteiger charge is -2.29. The molecule has 1 fully saturated rings. The van der Waals surface area contributed by atoms with Crippen molar-refractivity contribution in [3.63, 3.8) is 0 Å². The van der Waals surface area contributed by atoms with Crippen LogP contribution in [0.3, 0.4) is 0 Å². The van der Waals surface area contributed by atoms with E-state index in [9.17, 15) is 4.79 Å². The Hall–Kier alpha value is -2.55. The number of thiocarbonyl (C=S) groups is 1. The minimum Gasteiger partial charge on any atom is -0.462 e. The molecule has 2 heterocycles. The molecule has 166 valence electrons. The number of hydrogen-bond donors (Lipinski definition) is 1. The lowest BCUT2D eigenvalue weighted by Crippen LogP contribution is -2.40. The highest BCUT2D eigenvalue weighted by atomic mass is 32.1. The van der Waals surface area contributed by atoms with Crippen LogP contribution < -0.4 is 5.32 Å². The summed E-state index contributed by atoms with van der Waals surface area (Å²) in [5, 5.41) is 3.95. The summed E-state index contributed by atoms with van der Waals surface area (Å²) in [5.74, 6) is -0.321. The molecular formula is C23H30N4O3S. The summed E-state index contributed by atoms with van der Waals surface area (Å²) in [6.07, 6.45) is 4.64. The van der Waals surface area contributed by atoms with Gasteiger partial charge in [0.15, 0.2) is 5.11 Å². The predicted molar refractivity (Wildman–Crippen MR) is 125 cm³/mol. The Morgan fingerprint density at radius 1 is 1.26 bits per heavy atom. The molecule has 1 aromatic heterocycles. The first-order valence-electron chi connectivity index (χ1n) is 10.7. The molecule has 1 N–H and O–H groups in total. The van der Waals surface area contributed by atoms with Gasteiger partial charge in [-0.3, -0.25) is 9.88 Å². The molecule has 7 nitrogen and oxygen atoms in total. The number of esters is 1. The molecule has 0 radical (unpaired) electrons. The number of anilines is 1. The van der Waals surface area contributed by atoms with E-state index < -0.39 is 0 Å². The summed E-state index contributed by atoms with van der Waals surface area (Å²) in [6.45, 7) is 8.27. The fourth-order valence-corrected chi connectivity index (χ4v) is 3.65. The van der Waals surface area contributed by atoms with Crippen LogP contribution >= 0.6 is 12.2 Å². The van der Waals surface area contributed by atoms with Gasteiger partial charge in [-0.2, -0.15) is 0 Å². The van der Waals surface area contributed by atoms with Gasteiger partial charge in [0.1, 0.15) is 0 Å². The Morgan fingerprint density at radius 3 is 2.71 bits per heavy atom. The Balaban J connectivity index is 1.59. The van der Waals surface area contributed by atoms with Crippen LogP contribution in [0.5, 0.6) is 0 Å². The van der Waals surface area contributed by atoms with Crippen LogP contribution in [0.4, 0.5) is 5.69 Å². The Morgan fingerprint density at radius 2 is 2.03 bits per heavy atom. The van der Waals surface area contributed by atoms with Crippen LogP contribution in [0.15, 0.2) is 48.8 Å². The molecule has 0 saturated carbocycles. The minimum atomic E-state index is -0.321. The monoisotopic (exact) mass is 442 g/mol. The molecule has 1 aliphatic rings. The standard InChI is InChI=1S/C23H30N4O3S/c1-2-30-22(28)20-6-8-21(9-7-20)25-23(31)27(18-19-5-3-10-24-17-19)12-4-11-26-13-15-29-16-14-26/h3,5-10,17H,2,4,11-16,18H2,1H3,(H,25,31). The zero-order valence-corrected chi connectivity index (χ0v) is 18.8. The van der Waals surface area contributed by atoms with E-state index >= 15 is 0 Å². The molecular weight excluding hydrogens is 412 g/mol. The Bertz CT molecular complexity index is 826. The highest BCUT2D eigenvalue weighted by Gasteiger charge is 2.14. The fraction of sp³-hybridized carbons (Fsp3) is 0.435. The van der Waals surface area contributed by atoms with Crippen molar-refractivity contribution in [1.29, 1.82) is 0 Å². The molecule has 0 atom stereocenters. The molecule has 1 aromatic carbocycles. The molecule has 8 heteroatoms. The van der Waals surface area contributed by atoms with Gasteiger partial charge in [0, 0.05) is 50.8 Å². The largest absolute Gasteiger partial charge is 0.462 e. The number of pyridine rings is 1. The number of nitrogens with zero attached hydrogens (tertiary/aromatic N) is 3. The third kappa shape index (κ3) is 7.57. The average Bonchev–Trinajstić information content (AvgIpc) is 2.80. The van der Waals surface area contributed by atoms with Gasteiger partial charge in [0.05, 0.1) is 25.4 Å². The summed E-state index contributed by atoms with van der Waals surface area (Å²) in [4.78, 5) is 20.6. The predicted octanol–water partition coefficient (Wildman–Crippen LogP) is 3.18. The SMILES string of the molecule is CCOC(=O)c1ccc(NC(=S)N(CCCN2CCOCC2)Cc2cccnc2)cc1. The number of morpholine rings is 1. The first kappa shape index (κ1) is 23.1. The van der Waals surface area contributed by atoms with Crippen molar-refractivity contribution in [3.8, 4) is 0 Å². The molecule has 31 heavy (non-hydrogen) atoms. The van der Waals surface area contributed by atoms with E-state index in [0.29, 0.717) is 23.8 Å². The number of carbonyl (C=O) groups is 1. The van der Waals surface area contributed by atoms with Gasteiger partial charge in [-0.05, 0) is 61.5 Å². The second-order valence-electron chi connectivity index (χ2n) is 7.32. The van der Waals surface area contributed by atoms with Gasteiger partial charge >= 0.3 is 5.97 Å². The third-order valence-corrected chi connectivity index (χ3v) is 5.40. The van der Waals surface area contributed by atoms with E-state index in [-0.39, 0.29) is 5.97 Å². The van der Waals surface area contributed by atoms with Crippen molar-refractivity contribution in [2.24, 2.45) is 0 Å². The Kier molecular flexibility index (Phi) is 9.20. The fourth-order valence-electron chi connectivity index (χ4n) is 3.38. The van der Waals surface area contributed by atoms with Gasteiger partial charge in [-0.25, -0.2) is 4.79 Å². The first-order valence-corrected chi connectivity index (χ1v) is 11.1. The van der Waals surface area contributed by atoms with E-state index in [1.54, 1.807) is 25.3 Å². The second-order valence-corrected chi connectivity index (χ2v) is 7.71. The average molecular weight is 443 g/mol. The van der Waals surface area contributed by atoms with Crippen LogP contribution in [0, 0.1) is 0 Å². The topological polar surface area (TPSA) is 66.9 Å². The van der Waals surface area contributed by atoms with Crippen molar-refractivity contribution >= 4 is 29.0 Å². The van der Waals surface area contributed by atoms with Crippen LogP contribution in [0.25, 0.3) is 0 Å². The summed E-state index contributed by atoms with van der Waals surface area (Å²) >= 11 is 5.72. The molecule has 0 spiro atoms. The highest BCUT2D eigenvalue weighted by molar-refractivity contribution is 7.80. The van der Waals surface area contributed by atoms with E-state index in [2.05, 4.69) is 26.2 Å². The van der Waals surface area contributed by atoms with Crippen molar-refractivity contribution < 1.29 is 14.3 Å². The normalized spacial score (nSPS) is 14.1. The summed E-state index contributed by atoms with van der Waals surface area (Å²) < 4.78 is 10.5. The molecule has 0 unspecified atom stereocenters. The zero-order chi connectivity index (χ0) is 21.9. The minimum absolute atomic E-state index is 0.321. The molecule has 2 aromatic rings. The van der Waals surface area contributed by atoms with E-state index in [0.717, 1.165) is 57.1 Å². The molecule has 0 bridgehead atoms. The lowest BCUT2D eigenvalue weighted by molar-refractivity contribution is 0.0367. The highest BCUT2D eigenvalue weighted by Crippen LogP contribution is 2.13. The van der Waals surface area contributed by atoms with E-state index in [1.165, 1.54) is 0 Å². The van der Waals surface area contributed by atoms with Crippen LogP contribution in [0.2, 0.25) is 0 Å². The van der Waals surface area contributed by atoms with Crippen LogP contribution in [-0.4, -0.2) is 71.9 Å². The maximum Gasteiger partial charge on any atom is 0.338 e. The number of ether oxygens (including phenoxy) is 2. The molecule has 0 amide bonds. The van der Waals surface area contributed by atoms with Gasteiger partial charge in [-0.1, -0.05) is 6.07 Å². The van der Waals surface area contributed by atoms with Crippen molar-refractivity contribution in [3.05, 3.63) is 59.9 Å². The maximum atomic E-state index is 11.8. The van der Waals surface area contributed by atoms with Gasteiger partial charge in [-0.15, -0.1) is 0 Å². The smallest absolute Gasteiger partial charge is 0.338 e. The molecule has 1 saturated heterocycles. The Labute approximate surface area is 189 Å². The van der Waals surface area contributed by atoms with Gasteiger partial charge in [0.25, 0.3) is 0 Å². The maximum absolute atomic E-state index is 11.8. The second kappa shape index (κ2) is 12.3. The lowest BCUT2D eigenvalue weighted by atomic mass is 10.2. The van der Waals surface area contributed by atoms with E-state index in [4.69, 9.17) is 21.7 Å². The summed E-state index contributed by atoms with van der Waals surface area (Å²) in [6, 6.07) is 11.2. The number of rotatable bonds is 9. The van der Waals surface area contributed by atoms with Crippen molar-refractivity contribution in [2.75, 3.05) is 51.3 Å².